The maximum Gasteiger partial charge on any atom is 0.200 e. The molecule has 4 fully saturated rings. The average molecular weight is 973 g/mol. The number of aliphatic hydroxyl groups excluding tert-OH is 1. The number of H-pyrrole nitrogens is 1. The molecule has 0 aliphatic heterocycles. The van der Waals surface area contributed by atoms with E-state index in [-0.39, 0.29) is 107 Å². The molecule has 10 atom stereocenters. The first-order valence-corrected chi connectivity index (χ1v) is 26.0. The van der Waals surface area contributed by atoms with Crippen LogP contribution in [0.1, 0.15) is 121 Å². The lowest BCUT2D eigenvalue weighted by Gasteiger charge is -2.56. The number of Topliss-reactive ketones (excluding diaryl/α,β-unsaturated/α-hetero) is 1. The van der Waals surface area contributed by atoms with Crippen LogP contribution in [0.2, 0.25) is 0 Å². The van der Waals surface area contributed by atoms with E-state index < -0.39 is 29.3 Å². The summed E-state index contributed by atoms with van der Waals surface area (Å²) in [7, 11) is 0. The number of nitrogens with one attached hydrogen (secondary N) is 1. The van der Waals surface area contributed by atoms with Crippen molar-refractivity contribution in [2.24, 2.45) is 40.7 Å². The molecule has 1 spiro atoms. The standard InChI is InChI=1S/C60H64N2O10/c61-31-72-50-23-32(11-15-47(50)66)10-14-46(65)42-25-35(24-34-12-13-38(64)28-48(34)67)41-26-36-27-45(60-20-19-59(17-3-4-18-59)58(60)40-16-21-62-54(40)39-8-1-2-9-44(39)60)52(53(41)55(42)69)43-29-49(68)56(70)57(51(36)43)71-30-33-6-5-7-37(63)22-33/h1-2,5-9,11-13,15-16,21-23,28-29,35-36,41-42,45,52-53,55,58,62-64,66-70H,3-4,10,14,17-20,24-27,30-31,61H2/t35-,36+,41-,42+,45+,52+,53+,55-,58-,60-/m0/s1. The number of rotatable bonds is 12. The van der Waals surface area contributed by atoms with Crippen molar-refractivity contribution in [1.82, 2.24) is 4.98 Å². The van der Waals surface area contributed by atoms with Crippen LogP contribution in [0.15, 0.2) is 103 Å². The second-order valence-corrected chi connectivity index (χ2v) is 22.2. The van der Waals surface area contributed by atoms with Crippen LogP contribution >= 0.6 is 0 Å². The molecule has 13 rings (SSSR count). The third-order valence-electron chi connectivity index (χ3n) is 18.9. The number of phenols is 6. The minimum atomic E-state index is -1.09. The van der Waals surface area contributed by atoms with Crippen molar-refractivity contribution in [3.63, 3.8) is 0 Å². The van der Waals surface area contributed by atoms with Gasteiger partial charge in [0.2, 0.25) is 5.75 Å². The molecule has 6 aromatic rings. The highest BCUT2D eigenvalue weighted by atomic mass is 16.5. The number of aromatic hydroxyl groups is 6. The van der Waals surface area contributed by atoms with Gasteiger partial charge in [0.25, 0.3) is 0 Å². The molecule has 1 aromatic heterocycles. The molecule has 0 unspecified atom stereocenters. The molecule has 7 aliphatic rings. The zero-order valence-corrected chi connectivity index (χ0v) is 40.3. The quantitative estimate of drug-likeness (QED) is 0.0415. The van der Waals surface area contributed by atoms with Gasteiger partial charge in [0, 0.05) is 52.8 Å². The number of aryl methyl sites for hydroxylation is 1. The van der Waals surface area contributed by atoms with Crippen LogP contribution in [0, 0.1) is 35.0 Å². The van der Waals surface area contributed by atoms with E-state index in [1.807, 2.05) is 6.07 Å². The maximum atomic E-state index is 15.1. The van der Waals surface area contributed by atoms with Crippen molar-refractivity contribution in [3.05, 3.63) is 142 Å². The lowest BCUT2D eigenvalue weighted by atomic mass is 9.47. The summed E-state index contributed by atoms with van der Waals surface area (Å²) in [5.41, 5.74) is 14.1. The van der Waals surface area contributed by atoms with Gasteiger partial charge in [-0.05, 0) is 175 Å². The first kappa shape index (κ1) is 46.4. The highest BCUT2D eigenvalue weighted by molar-refractivity contribution is 5.82. The number of aliphatic hydroxyl groups is 1. The van der Waals surface area contributed by atoms with Crippen molar-refractivity contribution in [3.8, 4) is 57.3 Å². The van der Waals surface area contributed by atoms with Crippen molar-refractivity contribution in [2.45, 2.75) is 113 Å². The third-order valence-corrected chi connectivity index (χ3v) is 18.9. The Hall–Kier alpha value is -6.63. The van der Waals surface area contributed by atoms with Gasteiger partial charge < -0.3 is 50.2 Å². The van der Waals surface area contributed by atoms with E-state index in [4.69, 9.17) is 15.2 Å². The summed E-state index contributed by atoms with van der Waals surface area (Å²) in [6.07, 6.45) is 10.1. The molecule has 10 N–H and O–H groups in total. The highest BCUT2D eigenvalue weighted by Crippen LogP contribution is 2.77. The van der Waals surface area contributed by atoms with Gasteiger partial charge >= 0.3 is 0 Å². The Kier molecular flexibility index (Phi) is 11.5. The lowest BCUT2D eigenvalue weighted by molar-refractivity contribution is -0.136. The highest BCUT2D eigenvalue weighted by Gasteiger charge is 2.68. The fourth-order valence-corrected chi connectivity index (χ4v) is 16.3. The molecule has 7 aliphatic carbocycles. The van der Waals surface area contributed by atoms with E-state index in [2.05, 4.69) is 41.5 Å². The molecule has 2 bridgehead atoms. The molecular weight excluding hydrogens is 909 g/mol. The number of ether oxygens (including phenoxy) is 2. The van der Waals surface area contributed by atoms with E-state index in [0.717, 1.165) is 42.4 Å². The summed E-state index contributed by atoms with van der Waals surface area (Å²) in [4.78, 5) is 18.8. The normalized spacial score (nSPS) is 28.3. The van der Waals surface area contributed by atoms with E-state index in [9.17, 15) is 35.7 Å². The molecule has 12 nitrogen and oxygen atoms in total. The number of carbonyl (C=O) groups excluding carboxylic acids is 1. The molecule has 0 saturated heterocycles. The first-order valence-electron chi connectivity index (χ1n) is 26.0. The lowest BCUT2D eigenvalue weighted by Crippen LogP contribution is -2.53. The van der Waals surface area contributed by atoms with Gasteiger partial charge in [0.05, 0.1) is 6.10 Å². The predicted molar refractivity (Wildman–Crippen MR) is 270 cm³/mol. The monoisotopic (exact) mass is 972 g/mol. The molecule has 12 heteroatoms. The summed E-state index contributed by atoms with van der Waals surface area (Å²) in [6.45, 7) is -0.104. The molecule has 0 radical (unpaired) electrons. The Morgan fingerprint density at radius 3 is 2.38 bits per heavy atom. The van der Waals surface area contributed by atoms with E-state index in [0.29, 0.717) is 43.2 Å². The Bertz CT molecular complexity index is 3070. The van der Waals surface area contributed by atoms with Crippen molar-refractivity contribution >= 4 is 5.78 Å². The van der Waals surface area contributed by atoms with Gasteiger partial charge in [-0.2, -0.15) is 0 Å². The largest absolute Gasteiger partial charge is 0.508 e. The zero-order valence-electron chi connectivity index (χ0n) is 40.3. The molecule has 4 saturated carbocycles. The van der Waals surface area contributed by atoms with Crippen molar-refractivity contribution in [2.75, 3.05) is 6.73 Å². The molecule has 374 valence electrons. The summed E-state index contributed by atoms with van der Waals surface area (Å²) in [5.74, 6) is -2.56. The van der Waals surface area contributed by atoms with Crippen molar-refractivity contribution < 1.29 is 50.0 Å². The molecule has 1 heterocycles. The topological polar surface area (TPSA) is 219 Å². The number of hydrogen-bond acceptors (Lipinski definition) is 11. The zero-order chi connectivity index (χ0) is 49.6. The van der Waals surface area contributed by atoms with Gasteiger partial charge in [-0.15, -0.1) is 0 Å². The minimum absolute atomic E-state index is 0.0204. The number of phenolic OH excluding ortho intramolecular Hbond substituents is 6. The number of aromatic nitrogens is 1. The van der Waals surface area contributed by atoms with Crippen LogP contribution in [-0.4, -0.2) is 59.3 Å². The van der Waals surface area contributed by atoms with Crippen LogP contribution in [0.3, 0.4) is 0 Å². The average Bonchev–Trinajstić information content (AvgIpc) is 4.09. The summed E-state index contributed by atoms with van der Waals surface area (Å²) in [6, 6.07) is 29.4. The van der Waals surface area contributed by atoms with Crippen LogP contribution in [-0.2, 0) is 29.7 Å². The second-order valence-electron chi connectivity index (χ2n) is 22.2. The van der Waals surface area contributed by atoms with Crippen molar-refractivity contribution in [1.29, 1.82) is 0 Å². The molecule has 5 aromatic carbocycles. The van der Waals surface area contributed by atoms with E-state index >= 15 is 4.79 Å². The smallest absolute Gasteiger partial charge is 0.200 e. The Labute approximate surface area is 419 Å². The van der Waals surface area contributed by atoms with Crippen LogP contribution < -0.4 is 15.2 Å². The van der Waals surface area contributed by atoms with Gasteiger partial charge in [-0.25, -0.2) is 0 Å². The fourth-order valence-electron chi connectivity index (χ4n) is 16.3. The number of fused-ring (bicyclic) bond motifs is 9. The molecule has 72 heavy (non-hydrogen) atoms. The number of ketones is 1. The van der Waals surface area contributed by atoms with Gasteiger partial charge in [-0.3, -0.25) is 10.5 Å². The summed E-state index contributed by atoms with van der Waals surface area (Å²) < 4.78 is 12.1. The third kappa shape index (κ3) is 7.33. The summed E-state index contributed by atoms with van der Waals surface area (Å²) in [5, 5.41) is 80.1. The Morgan fingerprint density at radius 2 is 1.57 bits per heavy atom. The summed E-state index contributed by atoms with van der Waals surface area (Å²) >= 11 is 0. The maximum absolute atomic E-state index is 15.1. The van der Waals surface area contributed by atoms with Crippen LogP contribution in [0.25, 0.3) is 11.3 Å². The number of carbonyl (C=O) groups is 1. The Morgan fingerprint density at radius 1 is 0.750 bits per heavy atom. The van der Waals surface area contributed by atoms with E-state index in [1.54, 1.807) is 48.5 Å². The number of aromatic amines is 1. The predicted octanol–water partition coefficient (Wildman–Crippen LogP) is 10.4. The second kappa shape index (κ2) is 17.8. The van der Waals surface area contributed by atoms with Gasteiger partial charge in [-0.1, -0.05) is 61.4 Å². The molecular formula is C60H64N2O10. The van der Waals surface area contributed by atoms with Crippen LogP contribution in [0.4, 0.5) is 0 Å². The number of benzene rings is 5. The number of hydrogen-bond donors (Lipinski definition) is 9. The SMILES string of the molecule is NCOc1cc(CCC(=O)[C@H]2C[C@H](Cc3ccc(O)cc3O)[C@@H]3C[C@@H]4C[C@@H]([C@@]56CCC7(CCCC7)[C@@H]5c5cc[nH]c5-c5ccccc56)[C@@H](c5cc(O)c(O)c(OCc6cccc(O)c6)c54)[C@@H]3[C@H]2O)ccc1O. The van der Waals surface area contributed by atoms with Crippen LogP contribution in [0.5, 0.6) is 46.0 Å². The molecule has 0 amide bonds. The number of nitrogens with two attached hydrogens (primary N) is 1. The fraction of sp³-hybridized carbons (Fsp3) is 0.417. The van der Waals surface area contributed by atoms with Gasteiger partial charge in [0.1, 0.15) is 36.4 Å². The van der Waals surface area contributed by atoms with Gasteiger partial charge in [0.15, 0.2) is 23.0 Å². The first-order chi connectivity index (χ1) is 34.9. The van der Waals surface area contributed by atoms with E-state index in [1.165, 1.54) is 47.4 Å². The Balaban J connectivity index is 1.04. The minimum Gasteiger partial charge on any atom is -0.508 e.